The number of aromatic amines is 2. The molecule has 0 saturated heterocycles. The molecule has 4 rings (SSSR count). The minimum Gasteiger partial charge on any atom is -0.493 e. The second-order valence-corrected chi connectivity index (χ2v) is 7.20. The van der Waals surface area contributed by atoms with Crippen molar-refractivity contribution in [1.82, 2.24) is 29.9 Å². The summed E-state index contributed by atoms with van der Waals surface area (Å²) < 4.78 is 1.47. The van der Waals surface area contributed by atoms with E-state index in [4.69, 9.17) is 10.7 Å². The van der Waals surface area contributed by atoms with E-state index in [-0.39, 0.29) is 29.6 Å². The molecular weight excluding hydrogens is 376 g/mol. The van der Waals surface area contributed by atoms with Gasteiger partial charge in [0.05, 0.1) is 12.2 Å². The van der Waals surface area contributed by atoms with Crippen LogP contribution >= 0.6 is 0 Å². The van der Waals surface area contributed by atoms with Gasteiger partial charge in [0.15, 0.2) is 11.1 Å². The molecule has 0 bridgehead atoms. The predicted molar refractivity (Wildman–Crippen MR) is 105 cm³/mol. The van der Waals surface area contributed by atoms with Crippen LogP contribution in [0.5, 0.6) is 5.88 Å². The van der Waals surface area contributed by atoms with Crippen LogP contribution in [0.3, 0.4) is 0 Å². The first-order chi connectivity index (χ1) is 13.9. The van der Waals surface area contributed by atoms with Gasteiger partial charge in [0.25, 0.3) is 0 Å². The quantitative estimate of drug-likeness (QED) is 0.376. The SMILES string of the molecule is CC(=O)NC1CCC(N=c2cc(N)n3ncc(=Cc4[nH]c(=O)[nH]c4O)c3n2)CC1. The number of H-pyrrole nitrogens is 2. The van der Waals surface area contributed by atoms with E-state index in [1.165, 1.54) is 11.4 Å². The minimum atomic E-state index is -0.511. The van der Waals surface area contributed by atoms with Gasteiger partial charge in [0.1, 0.15) is 11.5 Å². The summed E-state index contributed by atoms with van der Waals surface area (Å²) in [5.74, 6) is 0.107. The van der Waals surface area contributed by atoms with E-state index in [1.807, 2.05) is 0 Å². The average molecular weight is 398 g/mol. The number of nitrogens with two attached hydrogens (primary N) is 1. The van der Waals surface area contributed by atoms with Crippen LogP contribution in [0.1, 0.15) is 38.3 Å². The Morgan fingerprint density at radius 3 is 2.79 bits per heavy atom. The van der Waals surface area contributed by atoms with E-state index >= 15 is 0 Å². The summed E-state index contributed by atoms with van der Waals surface area (Å²) >= 11 is 0. The van der Waals surface area contributed by atoms with Gasteiger partial charge in [0.2, 0.25) is 11.8 Å². The summed E-state index contributed by atoms with van der Waals surface area (Å²) in [6, 6.07) is 1.97. The molecule has 1 saturated carbocycles. The molecule has 1 aliphatic carbocycles. The second kappa shape index (κ2) is 7.41. The number of imidazole rings is 1. The molecule has 0 spiro atoms. The topological polar surface area (TPSA) is 167 Å². The van der Waals surface area contributed by atoms with E-state index < -0.39 is 5.69 Å². The summed E-state index contributed by atoms with van der Waals surface area (Å²) in [6.07, 6.45) is 6.56. The number of aromatic nitrogens is 5. The van der Waals surface area contributed by atoms with E-state index in [9.17, 15) is 14.7 Å². The molecule has 0 aromatic carbocycles. The Morgan fingerprint density at radius 1 is 1.38 bits per heavy atom. The number of amides is 1. The van der Waals surface area contributed by atoms with Crippen LogP contribution < -0.4 is 27.4 Å². The summed E-state index contributed by atoms with van der Waals surface area (Å²) in [6.45, 7) is 1.53. The first-order valence-electron chi connectivity index (χ1n) is 9.37. The first kappa shape index (κ1) is 18.7. The standard InChI is InChI=1S/C18H22N8O3/c1-9(27)21-11-2-4-12(5-3-11)22-15-7-14(19)26-16(24-15)10(8-20-26)6-13-17(28)25-18(29)23-13/h6-8,11-12,28H,2-5,19H2,1H3,(H,21,27)(H2,23,25,29). The normalized spacial score (nSPS) is 21.0. The Hall–Kier alpha value is -3.63. The van der Waals surface area contributed by atoms with Crippen molar-refractivity contribution < 1.29 is 9.90 Å². The highest BCUT2D eigenvalue weighted by molar-refractivity contribution is 5.73. The van der Waals surface area contributed by atoms with Crippen LogP contribution in [0.25, 0.3) is 11.7 Å². The monoisotopic (exact) mass is 398 g/mol. The highest BCUT2D eigenvalue weighted by atomic mass is 16.3. The van der Waals surface area contributed by atoms with Crippen molar-refractivity contribution in [3.8, 4) is 5.88 Å². The number of nitrogens with zero attached hydrogens (tertiary/aromatic N) is 4. The molecule has 1 fully saturated rings. The number of carbonyl (C=O) groups excluding carboxylic acids is 1. The van der Waals surface area contributed by atoms with E-state index in [0.717, 1.165) is 25.7 Å². The van der Waals surface area contributed by atoms with Crippen molar-refractivity contribution in [3.63, 3.8) is 0 Å². The van der Waals surface area contributed by atoms with Crippen molar-refractivity contribution in [2.45, 2.75) is 44.7 Å². The molecule has 1 aliphatic rings. The van der Waals surface area contributed by atoms with Gasteiger partial charge in [-0.1, -0.05) is 0 Å². The molecule has 0 aliphatic heterocycles. The van der Waals surface area contributed by atoms with E-state index in [0.29, 0.717) is 22.2 Å². The van der Waals surface area contributed by atoms with Crippen LogP contribution in [0.4, 0.5) is 5.82 Å². The zero-order valence-corrected chi connectivity index (χ0v) is 15.8. The number of nitrogen functional groups attached to an aromatic ring is 1. The fourth-order valence-corrected chi connectivity index (χ4v) is 3.63. The van der Waals surface area contributed by atoms with Crippen LogP contribution in [-0.2, 0) is 4.79 Å². The maximum absolute atomic E-state index is 11.3. The minimum absolute atomic E-state index is 0.00963. The molecule has 29 heavy (non-hydrogen) atoms. The molecule has 152 valence electrons. The third kappa shape index (κ3) is 3.98. The Balaban J connectivity index is 1.67. The summed E-state index contributed by atoms with van der Waals surface area (Å²) in [4.78, 5) is 36.6. The summed E-state index contributed by atoms with van der Waals surface area (Å²) in [7, 11) is 0. The van der Waals surface area contributed by atoms with Gasteiger partial charge < -0.3 is 21.1 Å². The zero-order chi connectivity index (χ0) is 20.5. The average Bonchev–Trinajstić information content (AvgIpc) is 3.20. The predicted octanol–water partition coefficient (Wildman–Crippen LogP) is -1.07. The highest BCUT2D eigenvalue weighted by Crippen LogP contribution is 2.20. The molecule has 0 unspecified atom stereocenters. The van der Waals surface area contributed by atoms with Crippen molar-refractivity contribution in [1.29, 1.82) is 0 Å². The number of anilines is 1. The largest absolute Gasteiger partial charge is 0.493 e. The number of carbonyl (C=O) groups is 1. The van der Waals surface area contributed by atoms with Gasteiger partial charge >= 0.3 is 5.69 Å². The van der Waals surface area contributed by atoms with E-state index in [2.05, 4.69) is 25.4 Å². The Morgan fingerprint density at radius 2 is 2.14 bits per heavy atom. The molecule has 3 heterocycles. The summed E-state index contributed by atoms with van der Waals surface area (Å²) in [5, 5.41) is 17.5. The van der Waals surface area contributed by atoms with Crippen LogP contribution in [0.2, 0.25) is 0 Å². The fraction of sp³-hybridized carbons (Fsp3) is 0.389. The number of rotatable bonds is 3. The first-order valence-corrected chi connectivity index (χ1v) is 9.37. The van der Waals surface area contributed by atoms with Crippen molar-refractivity contribution in [2.24, 2.45) is 4.99 Å². The molecule has 0 atom stereocenters. The lowest BCUT2D eigenvalue weighted by Crippen LogP contribution is -2.37. The molecular formula is C18H22N8O3. The number of fused-ring (bicyclic) bond motifs is 1. The zero-order valence-electron chi connectivity index (χ0n) is 15.8. The third-order valence-corrected chi connectivity index (χ3v) is 4.97. The number of nitrogens with one attached hydrogen (secondary N) is 3. The molecule has 0 radical (unpaired) electrons. The number of hydrogen-bond donors (Lipinski definition) is 5. The second-order valence-electron chi connectivity index (χ2n) is 7.20. The molecule has 11 heteroatoms. The highest BCUT2D eigenvalue weighted by Gasteiger charge is 2.21. The van der Waals surface area contributed by atoms with E-state index in [1.54, 1.807) is 18.3 Å². The molecule has 3 aromatic rings. The smallest absolute Gasteiger partial charge is 0.326 e. The molecule has 11 nitrogen and oxygen atoms in total. The lowest BCUT2D eigenvalue weighted by Gasteiger charge is -2.26. The Labute approximate surface area is 164 Å². The van der Waals surface area contributed by atoms with Crippen molar-refractivity contribution in [2.75, 3.05) is 5.73 Å². The number of hydrogen-bond acceptors (Lipinski definition) is 7. The summed E-state index contributed by atoms with van der Waals surface area (Å²) in [5.41, 5.74) is 6.79. The van der Waals surface area contributed by atoms with Gasteiger partial charge in [-0.25, -0.2) is 9.78 Å². The maximum Gasteiger partial charge on any atom is 0.326 e. The third-order valence-electron chi connectivity index (χ3n) is 4.97. The van der Waals surface area contributed by atoms with Gasteiger partial charge in [0, 0.05) is 24.3 Å². The maximum atomic E-state index is 11.3. The van der Waals surface area contributed by atoms with Crippen molar-refractivity contribution >= 4 is 23.4 Å². The van der Waals surface area contributed by atoms with Crippen LogP contribution in [0.15, 0.2) is 22.1 Å². The molecule has 6 N–H and O–H groups in total. The fourth-order valence-electron chi connectivity index (χ4n) is 3.63. The molecule has 1 amide bonds. The van der Waals surface area contributed by atoms with Gasteiger partial charge in [-0.05, 0) is 31.8 Å². The van der Waals surface area contributed by atoms with Gasteiger partial charge in [-0.15, -0.1) is 0 Å². The number of aromatic hydroxyl groups is 1. The Kier molecular flexibility index (Phi) is 4.79. The molecule has 3 aromatic heterocycles. The van der Waals surface area contributed by atoms with Crippen LogP contribution in [0, 0.1) is 0 Å². The lowest BCUT2D eigenvalue weighted by molar-refractivity contribution is -0.119. The van der Waals surface area contributed by atoms with Crippen LogP contribution in [-0.4, -0.2) is 47.7 Å². The van der Waals surface area contributed by atoms with Gasteiger partial charge in [-0.3, -0.25) is 14.8 Å². The van der Waals surface area contributed by atoms with Gasteiger partial charge in [-0.2, -0.15) is 9.61 Å². The lowest BCUT2D eigenvalue weighted by atomic mass is 9.91. The Bertz CT molecular complexity index is 1230. The van der Waals surface area contributed by atoms with Crippen molar-refractivity contribution in [3.05, 3.63) is 39.1 Å².